The molecule has 1 aliphatic carbocycles. The predicted molar refractivity (Wildman–Crippen MR) is 99.3 cm³/mol. The maximum Gasteiger partial charge on any atom is 0.251 e. The van der Waals surface area contributed by atoms with Crippen LogP contribution < -0.4 is 11.1 Å². The number of nitrogens with zero attached hydrogens (tertiary/aromatic N) is 1. The van der Waals surface area contributed by atoms with Crippen LogP contribution in [-0.4, -0.2) is 47.6 Å². The summed E-state index contributed by atoms with van der Waals surface area (Å²) in [6, 6.07) is 9.60. The van der Waals surface area contributed by atoms with E-state index in [2.05, 4.69) is 5.32 Å². The van der Waals surface area contributed by atoms with Crippen molar-refractivity contribution in [1.82, 2.24) is 10.2 Å². The maximum atomic E-state index is 13.0. The minimum atomic E-state index is -0.701. The highest BCUT2D eigenvalue weighted by molar-refractivity contribution is 5.86. The van der Waals surface area contributed by atoms with Gasteiger partial charge in [-0.25, -0.2) is 0 Å². The molecule has 6 nitrogen and oxygen atoms in total. The summed E-state index contributed by atoms with van der Waals surface area (Å²) in [5.41, 5.74) is 6.87. The van der Waals surface area contributed by atoms with Crippen LogP contribution in [0.2, 0.25) is 0 Å². The van der Waals surface area contributed by atoms with Gasteiger partial charge in [-0.2, -0.15) is 0 Å². The lowest BCUT2D eigenvalue weighted by Gasteiger charge is -2.43. The van der Waals surface area contributed by atoms with Crippen molar-refractivity contribution < 1.29 is 14.3 Å². The second-order valence-electron chi connectivity index (χ2n) is 7.60. The topological polar surface area (TPSA) is 84.7 Å². The van der Waals surface area contributed by atoms with Crippen molar-refractivity contribution in [3.63, 3.8) is 0 Å². The molecule has 2 amide bonds. The van der Waals surface area contributed by atoms with E-state index in [1.54, 1.807) is 4.90 Å². The summed E-state index contributed by atoms with van der Waals surface area (Å²) < 4.78 is 5.73. The van der Waals surface area contributed by atoms with Gasteiger partial charge in [-0.15, -0.1) is 0 Å². The van der Waals surface area contributed by atoms with Gasteiger partial charge in [0.2, 0.25) is 5.91 Å². The number of hydrogen-bond donors (Lipinski definition) is 2. The molecule has 1 heterocycles. The Morgan fingerprint density at radius 3 is 2.46 bits per heavy atom. The van der Waals surface area contributed by atoms with Crippen molar-refractivity contribution in [2.75, 3.05) is 6.61 Å². The first-order valence-corrected chi connectivity index (χ1v) is 9.51. The zero-order valence-electron chi connectivity index (χ0n) is 15.6. The van der Waals surface area contributed by atoms with Crippen LogP contribution in [-0.2, 0) is 14.3 Å². The van der Waals surface area contributed by atoms with Gasteiger partial charge in [-0.3, -0.25) is 9.59 Å². The van der Waals surface area contributed by atoms with Crippen LogP contribution in [0, 0.1) is 0 Å². The molecule has 1 saturated carbocycles. The summed E-state index contributed by atoms with van der Waals surface area (Å²) in [5, 5.41) is 3.13. The molecule has 3 rings (SSSR count). The predicted octanol–water partition coefficient (Wildman–Crippen LogP) is 1.75. The molecule has 2 atom stereocenters. The second-order valence-corrected chi connectivity index (χ2v) is 7.60. The van der Waals surface area contributed by atoms with Gasteiger partial charge in [0.1, 0.15) is 6.61 Å². The molecule has 2 fully saturated rings. The number of carbonyl (C=O) groups excluding carboxylic acids is 2. The molecule has 1 aromatic rings. The van der Waals surface area contributed by atoms with Crippen molar-refractivity contribution >= 4 is 11.8 Å². The van der Waals surface area contributed by atoms with Crippen LogP contribution in [0.5, 0.6) is 0 Å². The average Bonchev–Trinajstić information content (AvgIpc) is 2.63. The van der Waals surface area contributed by atoms with Crippen LogP contribution in [0.1, 0.15) is 51.1 Å². The highest BCUT2D eigenvalue weighted by Gasteiger charge is 2.43. The third-order valence-electron chi connectivity index (χ3n) is 5.33. The first-order valence-electron chi connectivity index (χ1n) is 9.51. The molecule has 0 bridgehead atoms. The maximum absolute atomic E-state index is 13.0. The normalized spacial score (nSPS) is 29.7. The Bertz CT molecular complexity index is 626. The quantitative estimate of drug-likeness (QED) is 0.858. The standard InChI is InChI=1S/C20H29N3O3/c1-13(2)23-17(24)12-26-19(18(23)14-6-4-3-5-7-14)20(25)22-16-10-8-15(21)9-11-16/h3-7,13,15-16,18-19H,8-12,21H2,1-2H3,(H,22,25)/t15?,16?,18-,19+/m1/s1. The fourth-order valence-electron chi connectivity index (χ4n) is 3.99. The Balaban J connectivity index is 1.81. The van der Waals surface area contributed by atoms with E-state index >= 15 is 0 Å². The van der Waals surface area contributed by atoms with Crippen molar-refractivity contribution in [2.45, 2.75) is 69.8 Å². The summed E-state index contributed by atoms with van der Waals surface area (Å²) in [5.74, 6) is -0.223. The molecule has 6 heteroatoms. The van der Waals surface area contributed by atoms with Gasteiger partial charge in [0.05, 0.1) is 6.04 Å². The lowest BCUT2D eigenvalue weighted by atomic mass is 9.91. The summed E-state index contributed by atoms with van der Waals surface area (Å²) in [6.45, 7) is 3.88. The Labute approximate surface area is 155 Å². The Hall–Kier alpha value is -1.92. The van der Waals surface area contributed by atoms with Crippen LogP contribution in [0.3, 0.4) is 0 Å². The first-order chi connectivity index (χ1) is 12.5. The van der Waals surface area contributed by atoms with Gasteiger partial charge in [-0.1, -0.05) is 30.3 Å². The molecule has 1 aromatic carbocycles. The molecule has 0 unspecified atom stereocenters. The van der Waals surface area contributed by atoms with E-state index in [9.17, 15) is 9.59 Å². The zero-order valence-corrected chi connectivity index (χ0v) is 15.6. The Morgan fingerprint density at radius 2 is 1.85 bits per heavy atom. The van der Waals surface area contributed by atoms with Crippen molar-refractivity contribution in [1.29, 1.82) is 0 Å². The molecule has 1 aliphatic heterocycles. The molecule has 2 aliphatic rings. The molecule has 142 valence electrons. The number of nitrogens with one attached hydrogen (secondary N) is 1. The fourth-order valence-corrected chi connectivity index (χ4v) is 3.99. The molecule has 3 N–H and O–H groups in total. The zero-order chi connectivity index (χ0) is 18.7. The average molecular weight is 359 g/mol. The highest BCUT2D eigenvalue weighted by atomic mass is 16.5. The smallest absolute Gasteiger partial charge is 0.251 e. The number of benzene rings is 1. The number of morpholine rings is 1. The van der Waals surface area contributed by atoms with Gasteiger partial charge in [0.15, 0.2) is 6.10 Å². The summed E-state index contributed by atoms with van der Waals surface area (Å²) >= 11 is 0. The number of nitrogens with two attached hydrogens (primary N) is 1. The Kier molecular flexibility index (Phi) is 5.94. The second kappa shape index (κ2) is 8.18. The van der Waals surface area contributed by atoms with Gasteiger partial charge >= 0.3 is 0 Å². The van der Waals surface area contributed by atoms with Crippen molar-refractivity contribution in [3.8, 4) is 0 Å². The number of ether oxygens (including phenoxy) is 1. The van der Waals surface area contributed by atoms with Gasteiger partial charge in [0, 0.05) is 18.1 Å². The molecule has 0 radical (unpaired) electrons. The molecule has 0 aromatic heterocycles. The van der Waals surface area contributed by atoms with Crippen LogP contribution in [0.15, 0.2) is 30.3 Å². The van der Waals surface area contributed by atoms with E-state index in [0.29, 0.717) is 0 Å². The fraction of sp³-hybridized carbons (Fsp3) is 0.600. The van der Waals surface area contributed by atoms with E-state index < -0.39 is 12.1 Å². The number of hydrogen-bond acceptors (Lipinski definition) is 4. The number of rotatable bonds is 4. The van der Waals surface area contributed by atoms with Crippen molar-refractivity contribution in [3.05, 3.63) is 35.9 Å². The van der Waals surface area contributed by atoms with Gasteiger partial charge in [0.25, 0.3) is 5.91 Å². The molecule has 0 spiro atoms. The van der Waals surface area contributed by atoms with Crippen LogP contribution >= 0.6 is 0 Å². The molecular weight excluding hydrogens is 330 g/mol. The third-order valence-corrected chi connectivity index (χ3v) is 5.33. The SMILES string of the molecule is CC(C)N1C(=O)CO[C@H](C(=O)NC2CCC(N)CC2)[C@H]1c1ccccc1. The highest BCUT2D eigenvalue weighted by Crippen LogP contribution is 2.32. The van der Waals surface area contributed by atoms with E-state index in [-0.39, 0.29) is 36.5 Å². The number of carbonyl (C=O) groups is 2. The molecule has 26 heavy (non-hydrogen) atoms. The molecule has 1 saturated heterocycles. The van der Waals surface area contributed by atoms with E-state index in [1.807, 2.05) is 44.2 Å². The van der Waals surface area contributed by atoms with E-state index in [1.165, 1.54) is 0 Å². The largest absolute Gasteiger partial charge is 0.356 e. The van der Waals surface area contributed by atoms with E-state index in [4.69, 9.17) is 10.5 Å². The minimum absolute atomic E-state index is 0.0143. The lowest BCUT2D eigenvalue weighted by Crippen LogP contribution is -2.57. The Morgan fingerprint density at radius 1 is 1.19 bits per heavy atom. The van der Waals surface area contributed by atoms with E-state index in [0.717, 1.165) is 31.2 Å². The summed E-state index contributed by atoms with van der Waals surface area (Å²) in [6.07, 6.45) is 2.93. The third kappa shape index (κ3) is 4.07. The van der Waals surface area contributed by atoms with Crippen LogP contribution in [0.4, 0.5) is 0 Å². The monoisotopic (exact) mass is 359 g/mol. The van der Waals surface area contributed by atoms with Crippen LogP contribution in [0.25, 0.3) is 0 Å². The minimum Gasteiger partial charge on any atom is -0.356 e. The van der Waals surface area contributed by atoms with Gasteiger partial charge < -0.3 is 20.7 Å². The van der Waals surface area contributed by atoms with Gasteiger partial charge in [-0.05, 0) is 45.1 Å². The summed E-state index contributed by atoms with van der Waals surface area (Å²) in [7, 11) is 0. The lowest BCUT2D eigenvalue weighted by molar-refractivity contribution is -0.167. The molecular formula is C20H29N3O3. The first kappa shape index (κ1) is 18.9. The number of amides is 2. The van der Waals surface area contributed by atoms with Crippen molar-refractivity contribution in [2.24, 2.45) is 5.73 Å². The summed E-state index contributed by atoms with van der Waals surface area (Å²) in [4.78, 5) is 27.2.